The van der Waals surface area contributed by atoms with Crippen molar-refractivity contribution in [2.24, 2.45) is 0 Å². The van der Waals surface area contributed by atoms with Gasteiger partial charge >= 0.3 is 0 Å². The summed E-state index contributed by atoms with van der Waals surface area (Å²) < 4.78 is 16.4. The number of ether oxygens (including phenoxy) is 3. The van der Waals surface area contributed by atoms with Gasteiger partial charge in [-0.1, -0.05) is 31.5 Å². The maximum absolute atomic E-state index is 11.6. The summed E-state index contributed by atoms with van der Waals surface area (Å²) in [5.74, 6) is 2.46. The van der Waals surface area contributed by atoms with Gasteiger partial charge in [0.25, 0.3) is 0 Å². The van der Waals surface area contributed by atoms with Crippen LogP contribution in [0.1, 0.15) is 43.7 Å². The molecule has 0 spiro atoms. The quantitative estimate of drug-likeness (QED) is 0.502. The highest BCUT2D eigenvalue weighted by molar-refractivity contribution is 5.75. The number of carbonyl (C=O) groups is 1. The number of hydrogen-bond acceptors (Lipinski definition) is 4. The van der Waals surface area contributed by atoms with Gasteiger partial charge < -0.3 is 19.5 Å². The van der Waals surface area contributed by atoms with Crippen molar-refractivity contribution in [3.63, 3.8) is 0 Å². The number of aryl methyl sites for hydroxylation is 2. The van der Waals surface area contributed by atoms with E-state index >= 15 is 0 Å². The van der Waals surface area contributed by atoms with Crippen molar-refractivity contribution in [3.8, 4) is 17.2 Å². The summed E-state index contributed by atoms with van der Waals surface area (Å²) >= 11 is 0. The van der Waals surface area contributed by atoms with Crippen molar-refractivity contribution < 1.29 is 19.0 Å². The number of unbranched alkanes of at least 4 members (excludes halogenated alkanes) is 1. The zero-order chi connectivity index (χ0) is 20.9. The fourth-order valence-corrected chi connectivity index (χ4v) is 3.11. The average molecular weight is 400 g/mol. The summed E-state index contributed by atoms with van der Waals surface area (Å²) in [5.41, 5.74) is 2.48. The fourth-order valence-electron chi connectivity index (χ4n) is 3.11. The monoisotopic (exact) mass is 399 g/mol. The van der Waals surface area contributed by atoms with E-state index in [4.69, 9.17) is 14.2 Å². The predicted octanol–water partition coefficient (Wildman–Crippen LogP) is 4.56. The first kappa shape index (κ1) is 22.6. The molecule has 5 heteroatoms. The lowest BCUT2D eigenvalue weighted by molar-refractivity contribution is -0.121. The lowest BCUT2D eigenvalue weighted by Crippen LogP contribution is -2.27. The van der Waals surface area contributed by atoms with Gasteiger partial charge in [-0.3, -0.25) is 4.79 Å². The lowest BCUT2D eigenvalue weighted by Gasteiger charge is -2.10. The zero-order valence-corrected chi connectivity index (χ0v) is 17.8. The Kier molecular flexibility index (Phi) is 9.90. The summed E-state index contributed by atoms with van der Waals surface area (Å²) in [4.78, 5) is 11.6. The molecule has 0 bridgehead atoms. The minimum atomic E-state index is 0.0966. The van der Waals surface area contributed by atoms with Crippen molar-refractivity contribution in [1.29, 1.82) is 0 Å². The first-order valence-corrected chi connectivity index (χ1v) is 10.4. The standard InChI is InChI=1S/C24H33NO4/c1-4-5-12-24(26)25-15-16-29-21-11-7-10-19(17-21)8-6-9-20-13-14-22(27-2)23(18-20)28-3/h7,10-11,13-14,17-18H,4-6,8-9,12,15-16H2,1-3H3,(H,25,26). The second-order valence-electron chi connectivity index (χ2n) is 6.99. The van der Waals surface area contributed by atoms with E-state index < -0.39 is 0 Å². The van der Waals surface area contributed by atoms with Crippen LogP contribution in [0.15, 0.2) is 42.5 Å². The number of rotatable bonds is 13. The minimum Gasteiger partial charge on any atom is -0.493 e. The van der Waals surface area contributed by atoms with E-state index in [-0.39, 0.29) is 5.91 Å². The van der Waals surface area contributed by atoms with Gasteiger partial charge in [-0.25, -0.2) is 0 Å². The van der Waals surface area contributed by atoms with E-state index in [1.54, 1.807) is 14.2 Å². The summed E-state index contributed by atoms with van der Waals surface area (Å²) in [6.45, 7) is 3.09. The highest BCUT2D eigenvalue weighted by Crippen LogP contribution is 2.28. The molecule has 2 rings (SSSR count). The first-order chi connectivity index (χ1) is 14.2. The van der Waals surface area contributed by atoms with Gasteiger partial charge in [0.15, 0.2) is 11.5 Å². The average Bonchev–Trinajstić information content (AvgIpc) is 2.75. The Balaban J connectivity index is 1.74. The Bertz CT molecular complexity index is 760. The zero-order valence-electron chi connectivity index (χ0n) is 17.8. The van der Waals surface area contributed by atoms with E-state index in [2.05, 4.69) is 30.4 Å². The predicted molar refractivity (Wildman–Crippen MR) is 116 cm³/mol. The molecule has 1 amide bonds. The van der Waals surface area contributed by atoms with Crippen LogP contribution >= 0.6 is 0 Å². The third-order valence-electron chi connectivity index (χ3n) is 4.73. The van der Waals surface area contributed by atoms with Gasteiger partial charge in [0.05, 0.1) is 20.8 Å². The third-order valence-corrected chi connectivity index (χ3v) is 4.73. The van der Waals surface area contributed by atoms with Gasteiger partial charge in [-0.05, 0) is 61.1 Å². The smallest absolute Gasteiger partial charge is 0.220 e. The molecule has 0 aliphatic carbocycles. The Labute approximate surface area is 174 Å². The molecule has 0 atom stereocenters. The number of methoxy groups -OCH3 is 2. The molecule has 0 aromatic heterocycles. The molecule has 0 saturated carbocycles. The number of carbonyl (C=O) groups excluding carboxylic acids is 1. The highest BCUT2D eigenvalue weighted by atomic mass is 16.5. The molecular formula is C24H33NO4. The molecule has 0 radical (unpaired) electrons. The van der Waals surface area contributed by atoms with Gasteiger partial charge in [-0.2, -0.15) is 0 Å². The molecule has 0 saturated heterocycles. The molecule has 0 heterocycles. The molecule has 29 heavy (non-hydrogen) atoms. The van der Waals surface area contributed by atoms with E-state index in [0.717, 1.165) is 49.4 Å². The van der Waals surface area contributed by atoms with Crippen LogP contribution in [-0.2, 0) is 17.6 Å². The van der Waals surface area contributed by atoms with Crippen molar-refractivity contribution in [2.45, 2.75) is 45.4 Å². The van der Waals surface area contributed by atoms with E-state index in [0.29, 0.717) is 19.6 Å². The van der Waals surface area contributed by atoms with Crippen LogP contribution in [0.2, 0.25) is 0 Å². The van der Waals surface area contributed by atoms with Crippen LogP contribution in [0.25, 0.3) is 0 Å². The largest absolute Gasteiger partial charge is 0.493 e. The summed E-state index contributed by atoms with van der Waals surface area (Å²) in [5, 5.41) is 2.89. The van der Waals surface area contributed by atoms with Gasteiger partial charge in [-0.15, -0.1) is 0 Å². The molecule has 1 N–H and O–H groups in total. The number of nitrogens with one attached hydrogen (secondary N) is 1. The number of hydrogen-bond donors (Lipinski definition) is 1. The topological polar surface area (TPSA) is 56.8 Å². The summed E-state index contributed by atoms with van der Waals surface area (Å²) in [7, 11) is 3.30. The second-order valence-corrected chi connectivity index (χ2v) is 6.99. The normalized spacial score (nSPS) is 10.4. The molecule has 2 aromatic carbocycles. The number of amides is 1. The van der Waals surface area contributed by atoms with Gasteiger partial charge in [0, 0.05) is 6.42 Å². The van der Waals surface area contributed by atoms with Crippen molar-refractivity contribution in [2.75, 3.05) is 27.4 Å². The molecule has 2 aromatic rings. The Morgan fingerprint density at radius 3 is 2.41 bits per heavy atom. The van der Waals surface area contributed by atoms with E-state index in [1.807, 2.05) is 24.3 Å². The summed E-state index contributed by atoms with van der Waals surface area (Å²) in [6.07, 6.45) is 5.52. The van der Waals surface area contributed by atoms with E-state index in [1.165, 1.54) is 11.1 Å². The number of benzene rings is 2. The van der Waals surface area contributed by atoms with Crippen molar-refractivity contribution >= 4 is 5.91 Å². The molecule has 5 nitrogen and oxygen atoms in total. The third kappa shape index (κ3) is 8.06. The molecule has 0 fully saturated rings. The molecule has 0 aliphatic heterocycles. The van der Waals surface area contributed by atoms with Crippen LogP contribution in [0.5, 0.6) is 17.2 Å². The van der Waals surface area contributed by atoms with Crippen LogP contribution in [0.3, 0.4) is 0 Å². The van der Waals surface area contributed by atoms with Gasteiger partial charge in [0.1, 0.15) is 12.4 Å². The van der Waals surface area contributed by atoms with E-state index in [9.17, 15) is 4.79 Å². The van der Waals surface area contributed by atoms with Crippen LogP contribution in [0, 0.1) is 0 Å². The summed E-state index contributed by atoms with van der Waals surface area (Å²) in [6, 6.07) is 14.2. The Morgan fingerprint density at radius 1 is 0.931 bits per heavy atom. The van der Waals surface area contributed by atoms with Crippen molar-refractivity contribution in [3.05, 3.63) is 53.6 Å². The first-order valence-electron chi connectivity index (χ1n) is 10.4. The van der Waals surface area contributed by atoms with Crippen LogP contribution in [-0.4, -0.2) is 33.3 Å². The van der Waals surface area contributed by atoms with Crippen molar-refractivity contribution in [1.82, 2.24) is 5.32 Å². The lowest BCUT2D eigenvalue weighted by atomic mass is 10.0. The SMILES string of the molecule is CCCCC(=O)NCCOc1cccc(CCCc2ccc(OC)c(OC)c2)c1. The van der Waals surface area contributed by atoms with Crippen LogP contribution < -0.4 is 19.5 Å². The molecular weight excluding hydrogens is 366 g/mol. The Morgan fingerprint density at radius 2 is 1.69 bits per heavy atom. The molecule has 0 aliphatic rings. The maximum atomic E-state index is 11.6. The van der Waals surface area contributed by atoms with Gasteiger partial charge in [0.2, 0.25) is 5.91 Å². The highest BCUT2D eigenvalue weighted by Gasteiger charge is 2.05. The fraction of sp³-hybridized carbons (Fsp3) is 0.458. The second kappa shape index (κ2) is 12.7. The molecule has 0 unspecified atom stereocenters. The maximum Gasteiger partial charge on any atom is 0.220 e. The Hall–Kier alpha value is -2.69. The molecule has 158 valence electrons. The minimum absolute atomic E-state index is 0.0966. The van der Waals surface area contributed by atoms with Crippen LogP contribution in [0.4, 0.5) is 0 Å².